The van der Waals surface area contributed by atoms with Gasteiger partial charge in [0, 0.05) is 10.6 Å². The molecule has 0 spiro atoms. The lowest BCUT2D eigenvalue weighted by molar-refractivity contribution is 0.159. The van der Waals surface area contributed by atoms with Crippen LogP contribution in [0.3, 0.4) is 0 Å². The molecule has 1 aliphatic carbocycles. The van der Waals surface area contributed by atoms with E-state index in [4.69, 9.17) is 0 Å². The van der Waals surface area contributed by atoms with Crippen LogP contribution in [0.1, 0.15) is 26.2 Å². The smallest absolute Gasteiger partial charge is 0.159 e. The molecule has 0 radical (unpaired) electrons. The summed E-state index contributed by atoms with van der Waals surface area (Å²) in [6.07, 6.45) is 3.25. The molecule has 1 saturated carbocycles. The summed E-state index contributed by atoms with van der Waals surface area (Å²) in [5.41, 5.74) is -0.300. The molecule has 112 valence electrons. The Morgan fingerprint density at radius 2 is 2.10 bits per heavy atom. The molecule has 2 N–H and O–H groups in total. The summed E-state index contributed by atoms with van der Waals surface area (Å²) in [6.45, 7) is 3.02. The number of aliphatic hydroxyl groups is 1. The third-order valence-corrected chi connectivity index (χ3v) is 5.00. The van der Waals surface area contributed by atoms with Crippen LogP contribution in [0.5, 0.6) is 0 Å². The fourth-order valence-corrected chi connectivity index (χ4v) is 3.54. The van der Waals surface area contributed by atoms with E-state index in [1.54, 1.807) is 6.07 Å². The first-order chi connectivity index (χ1) is 9.61. The molecular formula is C15H21F2NOS. The number of benzene rings is 1. The van der Waals surface area contributed by atoms with Crippen LogP contribution in [0.4, 0.5) is 8.78 Å². The van der Waals surface area contributed by atoms with Gasteiger partial charge >= 0.3 is 0 Å². The highest BCUT2D eigenvalue weighted by molar-refractivity contribution is 7.99. The Balaban J connectivity index is 2.02. The highest BCUT2D eigenvalue weighted by atomic mass is 32.2. The van der Waals surface area contributed by atoms with E-state index in [2.05, 4.69) is 12.2 Å². The van der Waals surface area contributed by atoms with Gasteiger partial charge in [0.25, 0.3) is 0 Å². The van der Waals surface area contributed by atoms with E-state index in [0.29, 0.717) is 16.6 Å². The lowest BCUT2D eigenvalue weighted by atomic mass is 9.96. The largest absolute Gasteiger partial charge is 0.394 e. The number of thioether (sulfide) groups is 1. The Labute approximate surface area is 123 Å². The third kappa shape index (κ3) is 3.71. The van der Waals surface area contributed by atoms with Crippen molar-refractivity contribution in [2.75, 3.05) is 18.9 Å². The first-order valence-corrected chi connectivity index (χ1v) is 8.03. The summed E-state index contributed by atoms with van der Waals surface area (Å²) >= 11 is 1.46. The summed E-state index contributed by atoms with van der Waals surface area (Å²) in [5.74, 6) is -0.498. The number of hydrogen-bond acceptors (Lipinski definition) is 3. The quantitative estimate of drug-likeness (QED) is 0.723. The molecule has 0 heterocycles. The lowest BCUT2D eigenvalue weighted by Crippen LogP contribution is -2.53. The minimum Gasteiger partial charge on any atom is -0.394 e. The van der Waals surface area contributed by atoms with E-state index in [1.807, 2.05) is 0 Å². The summed E-state index contributed by atoms with van der Waals surface area (Å²) in [5, 5.41) is 13.2. The van der Waals surface area contributed by atoms with Crippen LogP contribution in [0.25, 0.3) is 0 Å². The van der Waals surface area contributed by atoms with Crippen molar-refractivity contribution in [3.05, 3.63) is 29.8 Å². The van der Waals surface area contributed by atoms with Crippen molar-refractivity contribution in [2.45, 2.75) is 36.6 Å². The van der Waals surface area contributed by atoms with Gasteiger partial charge in [0.1, 0.15) is 0 Å². The van der Waals surface area contributed by atoms with Crippen molar-refractivity contribution >= 4 is 11.8 Å². The molecule has 2 rings (SSSR count). The van der Waals surface area contributed by atoms with Crippen molar-refractivity contribution in [1.82, 2.24) is 5.32 Å². The molecule has 1 aliphatic rings. The zero-order valence-electron chi connectivity index (χ0n) is 11.7. The predicted molar refractivity (Wildman–Crippen MR) is 77.9 cm³/mol. The minimum absolute atomic E-state index is 0.0777. The fourth-order valence-electron chi connectivity index (χ4n) is 2.33. The van der Waals surface area contributed by atoms with Crippen LogP contribution in [-0.2, 0) is 0 Å². The Kier molecular flexibility index (Phi) is 5.41. The highest BCUT2D eigenvalue weighted by Gasteiger charge is 2.44. The Morgan fingerprint density at radius 3 is 2.65 bits per heavy atom. The molecule has 0 bridgehead atoms. The minimum atomic E-state index is -0.825. The average Bonchev–Trinajstić information content (AvgIpc) is 3.28. The molecule has 1 fully saturated rings. The van der Waals surface area contributed by atoms with Crippen molar-refractivity contribution in [3.63, 3.8) is 0 Å². The molecule has 0 saturated heterocycles. The number of rotatable bonds is 8. The zero-order valence-corrected chi connectivity index (χ0v) is 12.5. The predicted octanol–water partition coefficient (Wildman–Crippen LogP) is 3.20. The first-order valence-electron chi connectivity index (χ1n) is 7.05. The third-order valence-electron chi connectivity index (χ3n) is 3.76. The maximum atomic E-state index is 13.2. The number of halogens is 2. The SMILES string of the molecule is CCCNC(CO)(CSc1ccc(F)c(F)c1)C1CC1. The van der Waals surface area contributed by atoms with Crippen LogP contribution in [0.15, 0.2) is 23.1 Å². The van der Waals surface area contributed by atoms with Gasteiger partial charge in [0.05, 0.1) is 12.1 Å². The second-order valence-electron chi connectivity index (χ2n) is 5.38. The van der Waals surface area contributed by atoms with Crippen molar-refractivity contribution in [2.24, 2.45) is 5.92 Å². The van der Waals surface area contributed by atoms with Gasteiger partial charge in [-0.1, -0.05) is 6.92 Å². The van der Waals surface area contributed by atoms with Crippen molar-refractivity contribution in [1.29, 1.82) is 0 Å². The maximum Gasteiger partial charge on any atom is 0.159 e. The van der Waals surface area contributed by atoms with E-state index in [-0.39, 0.29) is 12.1 Å². The molecule has 20 heavy (non-hydrogen) atoms. The Bertz CT molecular complexity index is 453. The molecule has 0 aliphatic heterocycles. The van der Waals surface area contributed by atoms with Crippen LogP contribution >= 0.6 is 11.8 Å². The second-order valence-corrected chi connectivity index (χ2v) is 6.43. The maximum absolute atomic E-state index is 13.2. The summed E-state index contributed by atoms with van der Waals surface area (Å²) < 4.78 is 26.1. The van der Waals surface area contributed by atoms with Crippen LogP contribution in [0, 0.1) is 17.6 Å². The van der Waals surface area contributed by atoms with E-state index in [9.17, 15) is 13.9 Å². The molecule has 5 heteroatoms. The first kappa shape index (κ1) is 15.7. The molecule has 1 atom stereocenters. The highest BCUT2D eigenvalue weighted by Crippen LogP contribution is 2.42. The number of nitrogens with one attached hydrogen (secondary N) is 1. The molecule has 0 aromatic heterocycles. The van der Waals surface area contributed by atoms with Gasteiger partial charge in [0.2, 0.25) is 0 Å². The van der Waals surface area contributed by atoms with Gasteiger partial charge in [-0.15, -0.1) is 11.8 Å². The van der Waals surface area contributed by atoms with E-state index < -0.39 is 11.6 Å². The standard InChI is InChI=1S/C15H21F2NOS/c1-2-7-18-15(9-19,11-3-4-11)10-20-12-5-6-13(16)14(17)8-12/h5-6,8,11,18-19H,2-4,7,9-10H2,1H3. The number of aliphatic hydroxyl groups excluding tert-OH is 1. The van der Waals surface area contributed by atoms with Gasteiger partial charge in [0.15, 0.2) is 11.6 Å². The normalized spacial score (nSPS) is 18.0. The average molecular weight is 301 g/mol. The number of hydrogen-bond donors (Lipinski definition) is 2. The fraction of sp³-hybridized carbons (Fsp3) is 0.600. The van der Waals surface area contributed by atoms with Crippen LogP contribution in [0.2, 0.25) is 0 Å². The van der Waals surface area contributed by atoms with Crippen molar-refractivity contribution < 1.29 is 13.9 Å². The van der Waals surface area contributed by atoms with Crippen LogP contribution < -0.4 is 5.32 Å². The second kappa shape index (κ2) is 6.87. The summed E-state index contributed by atoms with van der Waals surface area (Å²) in [6, 6.07) is 3.95. The molecule has 0 amide bonds. The lowest BCUT2D eigenvalue weighted by Gasteiger charge is -2.33. The van der Waals surface area contributed by atoms with Gasteiger partial charge in [-0.2, -0.15) is 0 Å². The van der Waals surface area contributed by atoms with Gasteiger partial charge < -0.3 is 10.4 Å². The van der Waals surface area contributed by atoms with Crippen LogP contribution in [-0.4, -0.2) is 29.5 Å². The molecule has 2 nitrogen and oxygen atoms in total. The molecule has 1 aromatic carbocycles. The Morgan fingerprint density at radius 1 is 1.35 bits per heavy atom. The van der Waals surface area contributed by atoms with E-state index >= 15 is 0 Å². The summed E-state index contributed by atoms with van der Waals surface area (Å²) in [7, 11) is 0. The van der Waals surface area contributed by atoms with E-state index in [0.717, 1.165) is 31.9 Å². The van der Waals surface area contributed by atoms with Gasteiger partial charge in [-0.25, -0.2) is 8.78 Å². The van der Waals surface area contributed by atoms with E-state index in [1.165, 1.54) is 17.8 Å². The monoisotopic (exact) mass is 301 g/mol. The van der Waals surface area contributed by atoms with Gasteiger partial charge in [-0.3, -0.25) is 0 Å². The zero-order chi connectivity index (χ0) is 14.6. The molecule has 1 aromatic rings. The topological polar surface area (TPSA) is 32.3 Å². The summed E-state index contributed by atoms with van der Waals surface area (Å²) in [4.78, 5) is 0.695. The Hall–Kier alpha value is -0.650. The van der Waals surface area contributed by atoms with Crippen molar-refractivity contribution in [3.8, 4) is 0 Å². The van der Waals surface area contributed by atoms with Gasteiger partial charge in [-0.05, 0) is 49.9 Å². The molecular weight excluding hydrogens is 280 g/mol. The molecule has 1 unspecified atom stereocenters.